The van der Waals surface area contributed by atoms with Gasteiger partial charge in [-0.25, -0.2) is 0 Å². The van der Waals surface area contributed by atoms with E-state index in [2.05, 4.69) is 10.2 Å². The third-order valence-electron chi connectivity index (χ3n) is 2.23. The summed E-state index contributed by atoms with van der Waals surface area (Å²) in [7, 11) is 0. The summed E-state index contributed by atoms with van der Waals surface area (Å²) in [6, 6.07) is 9.36. The molecule has 0 aliphatic rings. The molecular weight excluding hydrogens is 266 g/mol. The van der Waals surface area contributed by atoms with E-state index >= 15 is 0 Å². The molecule has 0 saturated carbocycles. The number of rotatable bonds is 4. The van der Waals surface area contributed by atoms with Gasteiger partial charge in [0.15, 0.2) is 0 Å². The van der Waals surface area contributed by atoms with Crippen molar-refractivity contribution in [2.24, 2.45) is 5.73 Å². The summed E-state index contributed by atoms with van der Waals surface area (Å²) in [6.07, 6.45) is 3.51. The zero-order valence-electron chi connectivity index (χ0n) is 9.66. The maximum Gasteiger partial charge on any atom is 0.249 e. The smallest absolute Gasteiger partial charge is 0.249 e. The number of thiocarbonyl (C=S) groups is 1. The van der Waals surface area contributed by atoms with Gasteiger partial charge < -0.3 is 10.5 Å². The Balaban J connectivity index is 2.37. The van der Waals surface area contributed by atoms with Crippen LogP contribution in [0.5, 0.6) is 11.6 Å². The number of hydrogen-bond acceptors (Lipinski definition) is 5. The molecule has 0 bridgehead atoms. The molecule has 1 aromatic carbocycles. The van der Waals surface area contributed by atoms with Crippen LogP contribution in [0.1, 0.15) is 5.56 Å². The number of hydrogen-bond donors (Lipinski definition) is 1. The zero-order chi connectivity index (χ0) is 13.0. The van der Waals surface area contributed by atoms with Gasteiger partial charge in [0.2, 0.25) is 5.88 Å². The molecule has 2 N–H and O–H groups in total. The van der Waals surface area contributed by atoms with Crippen LogP contribution in [0.25, 0.3) is 0 Å². The van der Waals surface area contributed by atoms with Crippen molar-refractivity contribution in [2.75, 3.05) is 6.26 Å². The van der Waals surface area contributed by atoms with Crippen LogP contribution in [0.4, 0.5) is 0 Å². The molecule has 0 fully saturated rings. The van der Waals surface area contributed by atoms with Crippen molar-refractivity contribution in [1.82, 2.24) is 10.2 Å². The highest BCUT2D eigenvalue weighted by atomic mass is 32.2. The number of aromatic nitrogens is 2. The van der Waals surface area contributed by atoms with Crippen LogP contribution in [0.15, 0.2) is 41.4 Å². The summed E-state index contributed by atoms with van der Waals surface area (Å²) in [4.78, 5) is 1.25. The minimum Gasteiger partial charge on any atom is -0.436 e. The van der Waals surface area contributed by atoms with E-state index in [1.54, 1.807) is 17.8 Å². The van der Waals surface area contributed by atoms with Gasteiger partial charge in [0, 0.05) is 4.90 Å². The fourth-order valence-electron chi connectivity index (χ4n) is 1.39. The van der Waals surface area contributed by atoms with E-state index in [1.807, 2.05) is 30.5 Å². The highest BCUT2D eigenvalue weighted by Gasteiger charge is 2.11. The second-order valence-corrected chi connectivity index (χ2v) is 4.66. The van der Waals surface area contributed by atoms with Crippen LogP contribution in [-0.2, 0) is 0 Å². The Bertz CT molecular complexity index is 575. The highest BCUT2D eigenvalue weighted by Crippen LogP contribution is 2.31. The molecule has 0 spiro atoms. The first-order valence-electron chi connectivity index (χ1n) is 5.14. The van der Waals surface area contributed by atoms with Gasteiger partial charge in [0.1, 0.15) is 10.7 Å². The highest BCUT2D eigenvalue weighted by molar-refractivity contribution is 7.98. The predicted octanol–water partition coefficient (Wildman–Crippen LogP) is 2.62. The van der Waals surface area contributed by atoms with Crippen molar-refractivity contribution in [3.8, 4) is 11.6 Å². The molecule has 2 aromatic rings. The van der Waals surface area contributed by atoms with E-state index in [0.717, 1.165) is 4.90 Å². The molecule has 0 saturated heterocycles. The van der Waals surface area contributed by atoms with Crippen molar-refractivity contribution >= 4 is 29.0 Å². The van der Waals surface area contributed by atoms with Crippen LogP contribution in [0.2, 0.25) is 0 Å². The van der Waals surface area contributed by atoms with Gasteiger partial charge in [0.05, 0.1) is 11.8 Å². The lowest BCUT2D eigenvalue weighted by molar-refractivity contribution is 0.444. The first kappa shape index (κ1) is 12.8. The van der Waals surface area contributed by atoms with E-state index < -0.39 is 0 Å². The first-order chi connectivity index (χ1) is 8.72. The number of nitrogens with two attached hydrogens (primary N) is 1. The molecule has 0 aliphatic heterocycles. The molecule has 1 aromatic heterocycles. The Hall–Kier alpha value is -1.66. The number of ether oxygens (including phenoxy) is 1. The molecule has 1 heterocycles. The molecule has 92 valence electrons. The average Bonchev–Trinajstić information content (AvgIpc) is 2.40. The van der Waals surface area contributed by atoms with E-state index in [9.17, 15) is 0 Å². The van der Waals surface area contributed by atoms with E-state index in [0.29, 0.717) is 17.2 Å². The van der Waals surface area contributed by atoms with E-state index in [4.69, 9.17) is 22.7 Å². The van der Waals surface area contributed by atoms with Crippen molar-refractivity contribution < 1.29 is 4.74 Å². The summed E-state index contributed by atoms with van der Waals surface area (Å²) in [5.41, 5.74) is 6.20. The monoisotopic (exact) mass is 277 g/mol. The standard InChI is InChI=1S/C12H11N3OS2/c1-18-10-5-3-2-4-9(10)16-12-8(11(13)17)6-7-14-15-12/h2-7H,1H3,(H2,13,17). The lowest BCUT2D eigenvalue weighted by Gasteiger charge is -2.10. The average molecular weight is 277 g/mol. The summed E-state index contributed by atoms with van der Waals surface area (Å²) in [6.45, 7) is 0. The van der Waals surface area contributed by atoms with Crippen LogP contribution in [0, 0.1) is 0 Å². The molecule has 18 heavy (non-hydrogen) atoms. The Morgan fingerprint density at radius 1 is 1.33 bits per heavy atom. The molecule has 2 rings (SSSR count). The van der Waals surface area contributed by atoms with E-state index in [1.165, 1.54) is 6.20 Å². The van der Waals surface area contributed by atoms with Gasteiger partial charge in [-0.05, 0) is 24.5 Å². The second kappa shape index (κ2) is 5.79. The van der Waals surface area contributed by atoms with Gasteiger partial charge in [-0.3, -0.25) is 0 Å². The molecule has 0 atom stereocenters. The number of para-hydroxylation sites is 1. The topological polar surface area (TPSA) is 61.0 Å². The molecule has 0 unspecified atom stereocenters. The van der Waals surface area contributed by atoms with Crippen molar-refractivity contribution in [1.29, 1.82) is 0 Å². The number of thioether (sulfide) groups is 1. The lowest BCUT2D eigenvalue weighted by atomic mass is 10.3. The summed E-state index contributed by atoms with van der Waals surface area (Å²) in [5.74, 6) is 1.04. The maximum atomic E-state index is 5.73. The Morgan fingerprint density at radius 3 is 2.83 bits per heavy atom. The summed E-state index contributed by atoms with van der Waals surface area (Å²) < 4.78 is 5.73. The molecule has 0 radical (unpaired) electrons. The summed E-state index contributed by atoms with van der Waals surface area (Å²) >= 11 is 6.54. The molecule has 6 heteroatoms. The Labute approximate surface area is 115 Å². The third-order valence-corrected chi connectivity index (χ3v) is 3.23. The van der Waals surface area contributed by atoms with Gasteiger partial charge in [-0.1, -0.05) is 24.4 Å². The van der Waals surface area contributed by atoms with Gasteiger partial charge in [-0.15, -0.1) is 16.9 Å². The fraction of sp³-hybridized carbons (Fsp3) is 0.0833. The lowest BCUT2D eigenvalue weighted by Crippen LogP contribution is -2.12. The fourth-order valence-corrected chi connectivity index (χ4v) is 2.07. The minimum absolute atomic E-state index is 0.238. The number of nitrogens with zero attached hydrogens (tertiary/aromatic N) is 2. The van der Waals surface area contributed by atoms with Crippen molar-refractivity contribution in [3.63, 3.8) is 0 Å². The second-order valence-electron chi connectivity index (χ2n) is 3.37. The number of benzene rings is 1. The quantitative estimate of drug-likeness (QED) is 0.685. The Kier molecular flexibility index (Phi) is 4.11. The molecular formula is C12H11N3OS2. The molecule has 4 nitrogen and oxygen atoms in total. The predicted molar refractivity (Wildman–Crippen MR) is 76.2 cm³/mol. The molecule has 0 aliphatic carbocycles. The van der Waals surface area contributed by atoms with Crippen molar-refractivity contribution in [3.05, 3.63) is 42.1 Å². The van der Waals surface area contributed by atoms with Crippen molar-refractivity contribution in [2.45, 2.75) is 4.90 Å². The first-order valence-corrected chi connectivity index (χ1v) is 6.78. The van der Waals surface area contributed by atoms with Gasteiger partial charge >= 0.3 is 0 Å². The normalized spacial score (nSPS) is 10.1. The van der Waals surface area contributed by atoms with Crippen LogP contribution in [-0.4, -0.2) is 21.4 Å². The van der Waals surface area contributed by atoms with Crippen LogP contribution < -0.4 is 10.5 Å². The third kappa shape index (κ3) is 2.77. The largest absolute Gasteiger partial charge is 0.436 e. The maximum absolute atomic E-state index is 5.73. The van der Waals surface area contributed by atoms with Crippen LogP contribution >= 0.6 is 24.0 Å². The Morgan fingerprint density at radius 2 is 2.11 bits per heavy atom. The zero-order valence-corrected chi connectivity index (χ0v) is 11.3. The minimum atomic E-state index is 0.238. The van der Waals surface area contributed by atoms with Crippen LogP contribution in [0.3, 0.4) is 0 Å². The SMILES string of the molecule is CSc1ccccc1Oc1nnccc1C(N)=S. The summed E-state index contributed by atoms with van der Waals surface area (Å²) in [5, 5.41) is 7.70. The van der Waals surface area contributed by atoms with E-state index in [-0.39, 0.29) is 4.99 Å². The molecule has 0 amide bonds. The van der Waals surface area contributed by atoms with Gasteiger partial charge in [0.25, 0.3) is 0 Å². The van der Waals surface area contributed by atoms with Gasteiger partial charge in [-0.2, -0.15) is 5.10 Å².